The highest BCUT2D eigenvalue weighted by Crippen LogP contribution is 2.30. The van der Waals surface area contributed by atoms with Gasteiger partial charge in [-0.25, -0.2) is 0 Å². The van der Waals surface area contributed by atoms with Crippen LogP contribution in [0.2, 0.25) is 0 Å². The van der Waals surface area contributed by atoms with Gasteiger partial charge in [0.05, 0.1) is 11.4 Å². The first-order chi connectivity index (χ1) is 10.6. The Morgan fingerprint density at radius 3 is 2.64 bits per heavy atom. The molecule has 0 bridgehead atoms. The summed E-state index contributed by atoms with van der Waals surface area (Å²) in [6.07, 6.45) is 0.918. The van der Waals surface area contributed by atoms with E-state index in [2.05, 4.69) is 16.6 Å². The molecule has 112 valence electrons. The smallest absolute Gasteiger partial charge is 0.223 e. The Morgan fingerprint density at radius 2 is 1.91 bits per heavy atom. The van der Waals surface area contributed by atoms with Crippen molar-refractivity contribution < 1.29 is 4.79 Å². The van der Waals surface area contributed by atoms with Gasteiger partial charge in [0.2, 0.25) is 5.91 Å². The van der Waals surface area contributed by atoms with Crippen LogP contribution in [0.1, 0.15) is 25.0 Å². The van der Waals surface area contributed by atoms with E-state index in [1.165, 1.54) is 5.56 Å². The number of hydrazone groups is 1. The molecule has 22 heavy (non-hydrogen) atoms. The first-order valence-corrected chi connectivity index (χ1v) is 7.42. The fourth-order valence-corrected chi connectivity index (χ4v) is 2.67. The van der Waals surface area contributed by atoms with Crippen molar-refractivity contribution in [2.24, 2.45) is 5.10 Å². The summed E-state index contributed by atoms with van der Waals surface area (Å²) < 4.78 is 0. The maximum atomic E-state index is 11.6. The third-order valence-corrected chi connectivity index (χ3v) is 3.91. The van der Waals surface area contributed by atoms with Gasteiger partial charge in [0.1, 0.15) is 0 Å². The lowest BCUT2D eigenvalue weighted by Gasteiger charge is -2.15. The molecule has 0 aromatic heterocycles. The molecule has 1 aliphatic rings. The Balaban J connectivity index is 1.80. The van der Waals surface area contributed by atoms with Crippen molar-refractivity contribution >= 4 is 23.0 Å². The van der Waals surface area contributed by atoms with E-state index < -0.39 is 0 Å². The zero-order valence-electron chi connectivity index (χ0n) is 12.8. The number of benzene rings is 2. The molecule has 2 aromatic carbocycles. The number of amides is 1. The number of carbonyl (C=O) groups excluding carboxylic acids is 1. The summed E-state index contributed by atoms with van der Waals surface area (Å²) in [7, 11) is 0. The summed E-state index contributed by atoms with van der Waals surface area (Å²) in [6.45, 7) is 4.34. The predicted molar refractivity (Wildman–Crippen MR) is 90.4 cm³/mol. The van der Waals surface area contributed by atoms with Gasteiger partial charge in [-0.05, 0) is 36.6 Å². The molecule has 4 nitrogen and oxygen atoms in total. The fraction of sp³-hybridized carbons (Fsp3) is 0.222. The Labute approximate surface area is 130 Å². The van der Waals surface area contributed by atoms with Crippen molar-refractivity contribution in [1.29, 1.82) is 0 Å². The largest absolute Gasteiger partial charge is 0.312 e. The number of anilines is 2. The maximum absolute atomic E-state index is 11.6. The molecule has 0 saturated carbocycles. The summed E-state index contributed by atoms with van der Waals surface area (Å²) in [5.41, 5.74) is 8.18. The molecule has 4 heteroatoms. The molecular weight excluding hydrogens is 274 g/mol. The van der Waals surface area contributed by atoms with Gasteiger partial charge in [-0.3, -0.25) is 10.2 Å². The van der Waals surface area contributed by atoms with Crippen LogP contribution in [0.15, 0.2) is 53.6 Å². The second-order valence-corrected chi connectivity index (χ2v) is 5.44. The van der Waals surface area contributed by atoms with Gasteiger partial charge in [0, 0.05) is 19.2 Å². The van der Waals surface area contributed by atoms with Crippen LogP contribution in [-0.4, -0.2) is 18.2 Å². The molecule has 3 rings (SSSR count). The number of hydrogen-bond donors (Lipinski definition) is 1. The van der Waals surface area contributed by atoms with E-state index in [4.69, 9.17) is 0 Å². The zero-order valence-corrected chi connectivity index (χ0v) is 12.8. The average Bonchev–Trinajstić information content (AvgIpc) is 2.96. The minimum Gasteiger partial charge on any atom is -0.312 e. The molecule has 1 amide bonds. The van der Waals surface area contributed by atoms with Gasteiger partial charge < -0.3 is 4.90 Å². The van der Waals surface area contributed by atoms with Gasteiger partial charge in [-0.2, -0.15) is 5.10 Å². The monoisotopic (exact) mass is 293 g/mol. The summed E-state index contributed by atoms with van der Waals surface area (Å²) >= 11 is 0. The standard InChI is InChI=1S/C18H19N3O/c1-13(15-6-4-3-5-7-15)19-20-17-9-8-16-10-11-21(14(2)22)18(16)12-17/h3-9,12,20H,10-11H2,1-2H3/b19-13+. The average molecular weight is 293 g/mol. The SMILES string of the molecule is CC(=O)N1CCc2ccc(N/N=C(\C)c3ccccc3)cc21. The van der Waals surface area contributed by atoms with Crippen LogP contribution in [0.4, 0.5) is 11.4 Å². The lowest BCUT2D eigenvalue weighted by Crippen LogP contribution is -2.25. The van der Waals surface area contributed by atoms with Gasteiger partial charge in [0.15, 0.2) is 0 Å². The van der Waals surface area contributed by atoms with Crippen LogP contribution in [-0.2, 0) is 11.2 Å². The van der Waals surface area contributed by atoms with Gasteiger partial charge in [-0.1, -0.05) is 36.4 Å². The van der Waals surface area contributed by atoms with Crippen LogP contribution in [0.25, 0.3) is 0 Å². The summed E-state index contributed by atoms with van der Waals surface area (Å²) in [6, 6.07) is 16.1. The van der Waals surface area contributed by atoms with Crippen LogP contribution in [0.5, 0.6) is 0 Å². The Morgan fingerprint density at radius 1 is 1.14 bits per heavy atom. The Hall–Kier alpha value is -2.62. The van der Waals surface area contributed by atoms with E-state index in [1.54, 1.807) is 6.92 Å². The van der Waals surface area contributed by atoms with Gasteiger partial charge in [0.25, 0.3) is 0 Å². The number of nitrogens with zero attached hydrogens (tertiary/aromatic N) is 2. The fourth-order valence-electron chi connectivity index (χ4n) is 2.67. The molecule has 1 heterocycles. The van der Waals surface area contributed by atoms with Gasteiger partial charge >= 0.3 is 0 Å². The van der Waals surface area contributed by atoms with Crippen molar-refractivity contribution in [3.05, 3.63) is 59.7 Å². The maximum Gasteiger partial charge on any atom is 0.223 e. The lowest BCUT2D eigenvalue weighted by atomic mass is 10.1. The molecule has 1 N–H and O–H groups in total. The highest BCUT2D eigenvalue weighted by Gasteiger charge is 2.22. The number of fused-ring (bicyclic) bond motifs is 1. The molecule has 0 unspecified atom stereocenters. The van der Waals surface area contributed by atoms with E-state index in [0.717, 1.165) is 35.6 Å². The van der Waals surface area contributed by atoms with Crippen molar-refractivity contribution in [3.63, 3.8) is 0 Å². The highest BCUT2D eigenvalue weighted by molar-refractivity contribution is 5.99. The van der Waals surface area contributed by atoms with Crippen molar-refractivity contribution in [3.8, 4) is 0 Å². The molecule has 0 spiro atoms. The number of hydrogen-bond acceptors (Lipinski definition) is 3. The van der Waals surface area contributed by atoms with Crippen molar-refractivity contribution in [2.75, 3.05) is 16.9 Å². The van der Waals surface area contributed by atoms with Crippen LogP contribution in [0.3, 0.4) is 0 Å². The second kappa shape index (κ2) is 6.02. The topological polar surface area (TPSA) is 44.7 Å². The third-order valence-electron chi connectivity index (χ3n) is 3.91. The van der Waals surface area contributed by atoms with E-state index >= 15 is 0 Å². The molecule has 0 atom stereocenters. The van der Waals surface area contributed by atoms with Gasteiger partial charge in [-0.15, -0.1) is 0 Å². The minimum absolute atomic E-state index is 0.0832. The van der Waals surface area contributed by atoms with E-state index in [0.29, 0.717) is 0 Å². The summed E-state index contributed by atoms with van der Waals surface area (Å²) in [4.78, 5) is 13.5. The van der Waals surface area contributed by atoms with E-state index in [-0.39, 0.29) is 5.91 Å². The Bertz CT molecular complexity index is 722. The van der Waals surface area contributed by atoms with Crippen LogP contribution >= 0.6 is 0 Å². The molecule has 0 fully saturated rings. The number of carbonyl (C=O) groups is 1. The molecule has 1 aliphatic heterocycles. The first kappa shape index (κ1) is 14.3. The van der Waals surface area contributed by atoms with E-state index in [1.807, 2.05) is 54.3 Å². The molecule has 0 radical (unpaired) electrons. The zero-order chi connectivity index (χ0) is 15.5. The summed E-state index contributed by atoms with van der Waals surface area (Å²) in [5, 5.41) is 4.42. The molecule has 0 saturated heterocycles. The summed E-state index contributed by atoms with van der Waals surface area (Å²) in [5.74, 6) is 0.0832. The van der Waals surface area contributed by atoms with Crippen LogP contribution < -0.4 is 10.3 Å². The minimum atomic E-state index is 0.0832. The first-order valence-electron chi connectivity index (χ1n) is 7.42. The van der Waals surface area contributed by atoms with Crippen LogP contribution in [0, 0.1) is 0 Å². The predicted octanol–water partition coefficient (Wildman–Crippen LogP) is 3.43. The highest BCUT2D eigenvalue weighted by atomic mass is 16.2. The second-order valence-electron chi connectivity index (χ2n) is 5.44. The number of rotatable bonds is 3. The van der Waals surface area contributed by atoms with Crippen molar-refractivity contribution in [2.45, 2.75) is 20.3 Å². The van der Waals surface area contributed by atoms with E-state index in [9.17, 15) is 4.79 Å². The quantitative estimate of drug-likeness (QED) is 0.696. The Kier molecular flexibility index (Phi) is 3.92. The lowest BCUT2D eigenvalue weighted by molar-refractivity contribution is -0.116. The normalized spacial score (nSPS) is 13.9. The molecule has 0 aliphatic carbocycles. The van der Waals surface area contributed by atoms with Crippen molar-refractivity contribution in [1.82, 2.24) is 0 Å². The number of nitrogens with one attached hydrogen (secondary N) is 1. The third kappa shape index (κ3) is 2.86. The molecular formula is C18H19N3O. The molecule has 2 aromatic rings.